The minimum atomic E-state index is -0.351. The van der Waals surface area contributed by atoms with E-state index in [9.17, 15) is 10.1 Å². The number of nitrogens with zero attached hydrogens (tertiary/aromatic N) is 1. The first-order valence-electron chi connectivity index (χ1n) is 6.92. The molecule has 5 heteroatoms. The Morgan fingerprint density at radius 1 is 1.24 bits per heavy atom. The van der Waals surface area contributed by atoms with Gasteiger partial charge in [0, 0.05) is 29.6 Å². The van der Waals surface area contributed by atoms with Crippen molar-refractivity contribution in [3.8, 4) is 0 Å². The Balaban J connectivity index is 1.71. The highest BCUT2D eigenvalue weighted by atomic mass is 32.2. The van der Waals surface area contributed by atoms with Crippen LogP contribution >= 0.6 is 11.8 Å². The van der Waals surface area contributed by atoms with Crippen molar-refractivity contribution < 1.29 is 4.92 Å². The molecule has 21 heavy (non-hydrogen) atoms. The summed E-state index contributed by atoms with van der Waals surface area (Å²) < 4.78 is 0. The summed E-state index contributed by atoms with van der Waals surface area (Å²) in [7, 11) is 0. The van der Waals surface area contributed by atoms with E-state index in [1.165, 1.54) is 16.5 Å². The molecule has 2 aromatic rings. The molecule has 0 aromatic heterocycles. The zero-order chi connectivity index (χ0) is 14.7. The highest BCUT2D eigenvalue weighted by molar-refractivity contribution is 7.99. The third kappa shape index (κ3) is 3.25. The van der Waals surface area contributed by atoms with Gasteiger partial charge in [-0.25, -0.2) is 0 Å². The van der Waals surface area contributed by atoms with E-state index in [4.69, 9.17) is 0 Å². The average Bonchev–Trinajstić information content (AvgIpc) is 2.53. The molecule has 0 amide bonds. The van der Waals surface area contributed by atoms with Crippen LogP contribution in [0.15, 0.2) is 53.4 Å². The van der Waals surface area contributed by atoms with E-state index < -0.39 is 0 Å². The van der Waals surface area contributed by atoms with Gasteiger partial charge in [-0.15, -0.1) is 11.8 Å². The molecular weight excluding hydrogens is 284 g/mol. The second-order valence-electron chi connectivity index (χ2n) is 5.04. The second-order valence-corrected chi connectivity index (χ2v) is 6.17. The molecule has 0 aliphatic carbocycles. The Labute approximate surface area is 127 Å². The van der Waals surface area contributed by atoms with E-state index >= 15 is 0 Å². The van der Waals surface area contributed by atoms with Gasteiger partial charge in [0.15, 0.2) is 0 Å². The molecule has 0 radical (unpaired) electrons. The third-order valence-electron chi connectivity index (χ3n) is 3.63. The molecule has 108 valence electrons. The Kier molecular flexibility index (Phi) is 4.22. The normalized spacial score (nSPS) is 17.2. The van der Waals surface area contributed by atoms with E-state index in [0.717, 1.165) is 17.7 Å². The molecule has 3 rings (SSSR count). The van der Waals surface area contributed by atoms with E-state index in [1.807, 2.05) is 17.8 Å². The SMILES string of the molecule is O=[N+]([O-])c1cccc(CNC2CCSc3ccccc32)c1. The first kappa shape index (κ1) is 14.1. The highest BCUT2D eigenvalue weighted by Gasteiger charge is 2.19. The van der Waals surface area contributed by atoms with Crippen molar-refractivity contribution in [2.75, 3.05) is 5.75 Å². The van der Waals surface area contributed by atoms with E-state index in [2.05, 4.69) is 29.6 Å². The van der Waals surface area contributed by atoms with Crippen LogP contribution < -0.4 is 5.32 Å². The Bertz CT molecular complexity index is 660. The van der Waals surface area contributed by atoms with Crippen LogP contribution in [-0.4, -0.2) is 10.7 Å². The zero-order valence-electron chi connectivity index (χ0n) is 11.5. The minimum Gasteiger partial charge on any atom is -0.306 e. The number of hydrogen-bond donors (Lipinski definition) is 1. The van der Waals surface area contributed by atoms with Gasteiger partial charge in [-0.1, -0.05) is 30.3 Å². The van der Waals surface area contributed by atoms with Crippen LogP contribution in [0.25, 0.3) is 0 Å². The summed E-state index contributed by atoms with van der Waals surface area (Å²) in [6.07, 6.45) is 1.08. The Morgan fingerprint density at radius 2 is 2.10 bits per heavy atom. The fourth-order valence-electron chi connectivity index (χ4n) is 2.58. The molecule has 2 aromatic carbocycles. The van der Waals surface area contributed by atoms with Crippen LogP contribution in [0, 0.1) is 10.1 Å². The number of rotatable bonds is 4. The maximum Gasteiger partial charge on any atom is 0.269 e. The van der Waals surface area contributed by atoms with Crippen LogP contribution in [0.5, 0.6) is 0 Å². The number of nitro benzene ring substituents is 1. The van der Waals surface area contributed by atoms with Crippen molar-refractivity contribution in [3.63, 3.8) is 0 Å². The van der Waals surface area contributed by atoms with Crippen molar-refractivity contribution in [2.45, 2.75) is 23.9 Å². The standard InChI is InChI=1S/C16H16N2O2S/c19-18(20)13-5-3-4-12(10-13)11-17-15-8-9-21-16-7-2-1-6-14(15)16/h1-7,10,15,17H,8-9,11H2. The van der Waals surface area contributed by atoms with Gasteiger partial charge in [0.25, 0.3) is 5.69 Å². The first-order valence-corrected chi connectivity index (χ1v) is 7.91. The summed E-state index contributed by atoms with van der Waals surface area (Å²) in [6, 6.07) is 15.6. The van der Waals surface area contributed by atoms with Crippen LogP contribution in [-0.2, 0) is 6.54 Å². The van der Waals surface area contributed by atoms with E-state index in [-0.39, 0.29) is 10.6 Å². The lowest BCUT2D eigenvalue weighted by molar-refractivity contribution is -0.384. The van der Waals surface area contributed by atoms with Gasteiger partial charge in [-0.05, 0) is 29.4 Å². The summed E-state index contributed by atoms with van der Waals surface area (Å²) in [6.45, 7) is 0.644. The second kappa shape index (κ2) is 6.28. The van der Waals surface area contributed by atoms with Gasteiger partial charge in [-0.3, -0.25) is 10.1 Å². The highest BCUT2D eigenvalue weighted by Crippen LogP contribution is 2.35. The largest absolute Gasteiger partial charge is 0.306 e. The quantitative estimate of drug-likeness (QED) is 0.687. The van der Waals surface area contributed by atoms with Gasteiger partial charge in [-0.2, -0.15) is 0 Å². The number of nitrogens with one attached hydrogen (secondary N) is 1. The van der Waals surface area contributed by atoms with Crippen molar-refractivity contribution in [1.29, 1.82) is 0 Å². The summed E-state index contributed by atoms with van der Waals surface area (Å²) in [5.74, 6) is 1.10. The number of benzene rings is 2. The fourth-order valence-corrected chi connectivity index (χ4v) is 3.70. The predicted molar refractivity (Wildman–Crippen MR) is 84.5 cm³/mol. The van der Waals surface area contributed by atoms with Gasteiger partial charge < -0.3 is 5.32 Å². The maximum atomic E-state index is 10.8. The molecule has 4 nitrogen and oxygen atoms in total. The fraction of sp³-hybridized carbons (Fsp3) is 0.250. The van der Waals surface area contributed by atoms with Crippen molar-refractivity contribution >= 4 is 17.4 Å². The number of non-ortho nitro benzene ring substituents is 1. The van der Waals surface area contributed by atoms with Crippen LogP contribution in [0.1, 0.15) is 23.6 Å². The molecule has 1 heterocycles. The molecule has 1 atom stereocenters. The van der Waals surface area contributed by atoms with Crippen molar-refractivity contribution in [2.24, 2.45) is 0 Å². The summed E-state index contributed by atoms with van der Waals surface area (Å²) in [5.41, 5.74) is 2.42. The third-order valence-corrected chi connectivity index (χ3v) is 4.76. The molecular formula is C16H16N2O2S. The smallest absolute Gasteiger partial charge is 0.269 e. The molecule has 1 aliphatic rings. The van der Waals surface area contributed by atoms with Gasteiger partial charge >= 0.3 is 0 Å². The number of hydrogen-bond acceptors (Lipinski definition) is 4. The first-order chi connectivity index (χ1) is 10.2. The van der Waals surface area contributed by atoms with Gasteiger partial charge in [0.05, 0.1) is 4.92 Å². The predicted octanol–water partition coefficient (Wildman–Crippen LogP) is 3.92. The minimum absolute atomic E-state index is 0.147. The van der Waals surface area contributed by atoms with Crippen molar-refractivity contribution in [1.82, 2.24) is 5.32 Å². The molecule has 0 spiro atoms. The molecule has 1 N–H and O–H groups in total. The molecule has 1 aliphatic heterocycles. The number of fused-ring (bicyclic) bond motifs is 1. The van der Waals surface area contributed by atoms with Crippen LogP contribution in [0.3, 0.4) is 0 Å². The zero-order valence-corrected chi connectivity index (χ0v) is 12.3. The number of thioether (sulfide) groups is 1. The monoisotopic (exact) mass is 300 g/mol. The summed E-state index contributed by atoms with van der Waals surface area (Å²) in [4.78, 5) is 11.8. The van der Waals surface area contributed by atoms with E-state index in [1.54, 1.807) is 12.1 Å². The lowest BCUT2D eigenvalue weighted by atomic mass is 10.0. The molecule has 0 saturated carbocycles. The Hall–Kier alpha value is -1.85. The number of nitro groups is 1. The Morgan fingerprint density at radius 3 is 2.95 bits per heavy atom. The summed E-state index contributed by atoms with van der Waals surface area (Å²) >= 11 is 1.89. The van der Waals surface area contributed by atoms with Crippen molar-refractivity contribution in [3.05, 3.63) is 69.8 Å². The molecule has 0 bridgehead atoms. The topological polar surface area (TPSA) is 55.2 Å². The van der Waals surface area contributed by atoms with Gasteiger partial charge in [0.1, 0.15) is 0 Å². The molecule has 0 fully saturated rings. The molecule has 0 saturated heterocycles. The van der Waals surface area contributed by atoms with E-state index in [0.29, 0.717) is 12.6 Å². The summed E-state index contributed by atoms with van der Waals surface area (Å²) in [5, 5.41) is 14.3. The lowest BCUT2D eigenvalue weighted by Gasteiger charge is -2.26. The lowest BCUT2D eigenvalue weighted by Crippen LogP contribution is -2.24. The maximum absolute atomic E-state index is 10.8. The van der Waals surface area contributed by atoms with Crippen LogP contribution in [0.4, 0.5) is 5.69 Å². The average molecular weight is 300 g/mol. The molecule has 1 unspecified atom stereocenters. The van der Waals surface area contributed by atoms with Crippen LogP contribution in [0.2, 0.25) is 0 Å². The van der Waals surface area contributed by atoms with Gasteiger partial charge in [0.2, 0.25) is 0 Å².